The topological polar surface area (TPSA) is 64.3 Å². The van der Waals surface area contributed by atoms with Crippen LogP contribution in [-0.2, 0) is 17.7 Å². The van der Waals surface area contributed by atoms with Crippen LogP contribution in [0, 0.1) is 11.6 Å². The molecule has 0 bridgehead atoms. The van der Waals surface area contributed by atoms with Gasteiger partial charge < -0.3 is 9.84 Å². The van der Waals surface area contributed by atoms with Crippen LogP contribution in [0.25, 0.3) is 0 Å². The molecule has 0 aliphatic carbocycles. The van der Waals surface area contributed by atoms with Gasteiger partial charge in [0.1, 0.15) is 16.8 Å². The van der Waals surface area contributed by atoms with Crippen molar-refractivity contribution < 1.29 is 23.4 Å². The fourth-order valence-electron chi connectivity index (χ4n) is 2.16. The number of aliphatic hydroxyl groups excluding tert-OH is 1. The minimum atomic E-state index is -0.718. The van der Waals surface area contributed by atoms with Gasteiger partial charge >= 0.3 is 5.97 Å². The van der Waals surface area contributed by atoms with Gasteiger partial charge in [-0.25, -0.2) is 18.3 Å². The van der Waals surface area contributed by atoms with Crippen LogP contribution in [0.1, 0.15) is 28.5 Å². The van der Waals surface area contributed by atoms with E-state index in [-0.39, 0.29) is 37.0 Å². The molecular formula is C15H15ClF2N2O3. The number of hydrogen-bond donors (Lipinski definition) is 1. The quantitative estimate of drug-likeness (QED) is 0.818. The monoisotopic (exact) mass is 344 g/mol. The summed E-state index contributed by atoms with van der Waals surface area (Å²) in [6, 6.07) is 3.06. The highest BCUT2D eigenvalue weighted by Gasteiger charge is 2.22. The van der Waals surface area contributed by atoms with Crippen molar-refractivity contribution in [2.75, 3.05) is 13.2 Å². The summed E-state index contributed by atoms with van der Waals surface area (Å²) in [6.07, 6.45) is 0.116. The highest BCUT2D eigenvalue weighted by Crippen LogP contribution is 2.23. The van der Waals surface area contributed by atoms with Gasteiger partial charge in [0.25, 0.3) is 0 Å². The van der Waals surface area contributed by atoms with Crippen LogP contribution in [-0.4, -0.2) is 34.1 Å². The molecule has 8 heteroatoms. The molecule has 0 amide bonds. The molecule has 0 spiro atoms. The van der Waals surface area contributed by atoms with Gasteiger partial charge in [-0.05, 0) is 24.6 Å². The Morgan fingerprint density at radius 3 is 2.57 bits per heavy atom. The number of carbonyl (C=O) groups is 1. The van der Waals surface area contributed by atoms with Crippen LogP contribution in [0.15, 0.2) is 18.2 Å². The number of carbonyl (C=O) groups excluding carboxylic acids is 1. The van der Waals surface area contributed by atoms with Crippen LogP contribution in [0.2, 0.25) is 5.15 Å². The first-order valence-corrected chi connectivity index (χ1v) is 7.32. The van der Waals surface area contributed by atoms with Crippen LogP contribution < -0.4 is 0 Å². The van der Waals surface area contributed by atoms with Gasteiger partial charge in [-0.3, -0.25) is 0 Å². The SMILES string of the molecule is CCOC(=O)c1nn(Cc2cc(F)cc(F)c2)c(Cl)c1CCO. The average Bonchev–Trinajstić information content (AvgIpc) is 2.76. The Labute approximate surface area is 136 Å². The highest BCUT2D eigenvalue weighted by atomic mass is 35.5. The second kappa shape index (κ2) is 7.52. The van der Waals surface area contributed by atoms with Gasteiger partial charge in [-0.15, -0.1) is 0 Å². The van der Waals surface area contributed by atoms with Crippen LogP contribution in [0.5, 0.6) is 0 Å². The molecule has 0 atom stereocenters. The molecular weight excluding hydrogens is 330 g/mol. The molecule has 1 N–H and O–H groups in total. The van der Waals surface area contributed by atoms with Crippen molar-refractivity contribution in [3.05, 3.63) is 51.8 Å². The first kappa shape index (κ1) is 17.4. The average molecular weight is 345 g/mol. The van der Waals surface area contributed by atoms with Crippen molar-refractivity contribution in [2.24, 2.45) is 0 Å². The summed E-state index contributed by atoms with van der Waals surface area (Å²) >= 11 is 6.18. The molecule has 5 nitrogen and oxygen atoms in total. The summed E-state index contributed by atoms with van der Waals surface area (Å²) in [6.45, 7) is 1.56. The standard InChI is InChI=1S/C15H15ClF2N2O3/c1-2-23-15(22)13-12(3-4-21)14(16)20(19-13)8-9-5-10(17)7-11(18)6-9/h5-7,21H,2-4,8H2,1H3. The molecule has 1 aromatic heterocycles. The fourth-order valence-corrected chi connectivity index (χ4v) is 2.44. The van der Waals surface area contributed by atoms with E-state index < -0.39 is 17.6 Å². The van der Waals surface area contributed by atoms with Crippen LogP contribution >= 0.6 is 11.6 Å². The summed E-state index contributed by atoms with van der Waals surface area (Å²) in [5.74, 6) is -2.10. The largest absolute Gasteiger partial charge is 0.461 e. The van der Waals surface area contributed by atoms with E-state index in [2.05, 4.69) is 5.10 Å². The zero-order valence-corrected chi connectivity index (χ0v) is 13.1. The maximum atomic E-state index is 13.3. The van der Waals surface area contributed by atoms with Crippen LogP contribution in [0.3, 0.4) is 0 Å². The number of ether oxygens (including phenoxy) is 1. The van der Waals surface area contributed by atoms with E-state index in [1.807, 2.05) is 0 Å². The number of halogens is 3. The zero-order chi connectivity index (χ0) is 17.0. The minimum absolute atomic E-state index is 0.0113. The van der Waals surface area contributed by atoms with E-state index in [1.54, 1.807) is 6.92 Å². The number of aliphatic hydroxyl groups is 1. The Hall–Kier alpha value is -1.99. The molecule has 2 rings (SSSR count). The van der Waals surface area contributed by atoms with Gasteiger partial charge in [0.15, 0.2) is 5.69 Å². The molecule has 0 saturated heterocycles. The highest BCUT2D eigenvalue weighted by molar-refractivity contribution is 6.30. The maximum Gasteiger partial charge on any atom is 0.359 e. The van der Waals surface area contributed by atoms with Crippen molar-refractivity contribution in [3.63, 3.8) is 0 Å². The Morgan fingerprint density at radius 2 is 2.00 bits per heavy atom. The second-order valence-electron chi connectivity index (χ2n) is 4.75. The van der Waals surface area contributed by atoms with Crippen molar-refractivity contribution in [1.29, 1.82) is 0 Å². The lowest BCUT2D eigenvalue weighted by Gasteiger charge is -2.04. The summed E-state index contributed by atoms with van der Waals surface area (Å²) in [5.41, 5.74) is 0.630. The third-order valence-electron chi connectivity index (χ3n) is 3.07. The number of aromatic nitrogens is 2. The van der Waals surface area contributed by atoms with Crippen molar-refractivity contribution in [2.45, 2.75) is 19.9 Å². The van der Waals surface area contributed by atoms with E-state index in [9.17, 15) is 13.6 Å². The van der Waals surface area contributed by atoms with E-state index >= 15 is 0 Å². The maximum absolute atomic E-state index is 13.3. The fraction of sp³-hybridized carbons (Fsp3) is 0.333. The molecule has 0 unspecified atom stereocenters. The van der Waals surface area contributed by atoms with Crippen molar-refractivity contribution in [1.82, 2.24) is 9.78 Å². The van der Waals surface area contributed by atoms with E-state index in [1.165, 1.54) is 4.68 Å². The van der Waals surface area contributed by atoms with Gasteiger partial charge in [0.2, 0.25) is 0 Å². The lowest BCUT2D eigenvalue weighted by atomic mass is 10.2. The normalized spacial score (nSPS) is 10.8. The molecule has 0 saturated carbocycles. The number of nitrogens with zero attached hydrogens (tertiary/aromatic N) is 2. The molecule has 2 aromatic rings. The number of esters is 1. The summed E-state index contributed by atoms with van der Waals surface area (Å²) in [5, 5.41) is 13.3. The van der Waals surface area contributed by atoms with Gasteiger partial charge in [-0.1, -0.05) is 11.6 Å². The molecule has 124 valence electrons. The molecule has 0 fully saturated rings. The smallest absolute Gasteiger partial charge is 0.359 e. The van der Waals surface area contributed by atoms with Crippen LogP contribution in [0.4, 0.5) is 8.78 Å². The summed E-state index contributed by atoms with van der Waals surface area (Å²) < 4.78 is 32.7. The number of hydrogen-bond acceptors (Lipinski definition) is 4. The van der Waals surface area contributed by atoms with Crippen molar-refractivity contribution >= 4 is 17.6 Å². The van der Waals surface area contributed by atoms with Gasteiger partial charge in [0.05, 0.1) is 13.2 Å². The molecule has 0 aliphatic heterocycles. The molecule has 23 heavy (non-hydrogen) atoms. The second-order valence-corrected chi connectivity index (χ2v) is 5.11. The summed E-state index contributed by atoms with van der Waals surface area (Å²) in [4.78, 5) is 11.9. The zero-order valence-electron chi connectivity index (χ0n) is 12.4. The Balaban J connectivity index is 2.38. The summed E-state index contributed by atoms with van der Waals surface area (Å²) in [7, 11) is 0. The number of benzene rings is 1. The Kier molecular flexibility index (Phi) is 5.68. The number of rotatable bonds is 6. The third kappa shape index (κ3) is 4.05. The molecule has 0 aliphatic rings. The van der Waals surface area contributed by atoms with Gasteiger partial charge in [0, 0.05) is 24.7 Å². The predicted octanol–water partition coefficient (Wildman–Crippen LogP) is 2.57. The Bertz CT molecular complexity index is 699. The predicted molar refractivity (Wildman–Crippen MR) is 79.4 cm³/mol. The molecule has 1 heterocycles. The molecule has 0 radical (unpaired) electrons. The van der Waals surface area contributed by atoms with E-state index in [0.717, 1.165) is 18.2 Å². The van der Waals surface area contributed by atoms with E-state index in [0.29, 0.717) is 11.1 Å². The van der Waals surface area contributed by atoms with Crippen molar-refractivity contribution in [3.8, 4) is 0 Å². The first-order valence-electron chi connectivity index (χ1n) is 6.94. The van der Waals surface area contributed by atoms with Gasteiger partial charge in [-0.2, -0.15) is 5.10 Å². The Morgan fingerprint density at radius 1 is 1.35 bits per heavy atom. The lowest BCUT2D eigenvalue weighted by Crippen LogP contribution is -2.10. The molecule has 1 aromatic carbocycles. The minimum Gasteiger partial charge on any atom is -0.461 e. The lowest BCUT2D eigenvalue weighted by molar-refractivity contribution is 0.0517. The van der Waals surface area contributed by atoms with E-state index in [4.69, 9.17) is 21.4 Å². The first-order chi connectivity index (χ1) is 11.0. The third-order valence-corrected chi connectivity index (χ3v) is 3.49.